The van der Waals surface area contributed by atoms with Crippen LogP contribution < -0.4 is 9.64 Å². The summed E-state index contributed by atoms with van der Waals surface area (Å²) >= 11 is 5.79. The number of ether oxygens (including phenoxy) is 1. The third-order valence-corrected chi connectivity index (χ3v) is 3.46. The average Bonchev–Trinajstić information content (AvgIpc) is 2.76. The number of Topliss-reactive ketones (excluding diaryl/α,β-unsaturated/α-hetero) is 1. The maximum atomic E-state index is 12.5. The summed E-state index contributed by atoms with van der Waals surface area (Å²) in [5, 5.41) is 0.234. The van der Waals surface area contributed by atoms with Crippen molar-refractivity contribution in [2.24, 2.45) is 0 Å². The second-order valence-corrected chi connectivity index (χ2v) is 4.98. The summed E-state index contributed by atoms with van der Waals surface area (Å²) in [6, 6.07) is 7.17. The Morgan fingerprint density at radius 2 is 2.20 bits per heavy atom. The van der Waals surface area contributed by atoms with Crippen molar-refractivity contribution in [3.63, 3.8) is 0 Å². The summed E-state index contributed by atoms with van der Waals surface area (Å²) in [5.74, 6) is 0.457. The SMILES string of the molecule is Cc1cccc2c1N(C)C(C(=O)c1cc(Cl)ncn1)O2. The van der Waals surface area contributed by atoms with Gasteiger partial charge in [0.15, 0.2) is 0 Å². The molecule has 1 aromatic carbocycles. The molecular weight excluding hydrogens is 278 g/mol. The van der Waals surface area contributed by atoms with Crippen LogP contribution in [-0.2, 0) is 0 Å². The van der Waals surface area contributed by atoms with E-state index in [4.69, 9.17) is 16.3 Å². The number of nitrogens with zero attached hydrogens (tertiary/aromatic N) is 3. The molecule has 0 aliphatic carbocycles. The first-order chi connectivity index (χ1) is 9.58. The highest BCUT2D eigenvalue weighted by Gasteiger charge is 2.36. The summed E-state index contributed by atoms with van der Waals surface area (Å²) in [5.41, 5.74) is 2.22. The van der Waals surface area contributed by atoms with Gasteiger partial charge in [-0.3, -0.25) is 4.79 Å². The number of anilines is 1. The molecule has 3 rings (SSSR count). The maximum absolute atomic E-state index is 12.5. The third kappa shape index (κ3) is 2.00. The molecular formula is C14H12ClN3O2. The summed E-state index contributed by atoms with van der Waals surface area (Å²) in [7, 11) is 1.82. The topological polar surface area (TPSA) is 55.3 Å². The molecule has 0 saturated heterocycles. The monoisotopic (exact) mass is 289 g/mol. The normalized spacial score (nSPS) is 16.8. The smallest absolute Gasteiger partial charge is 0.242 e. The molecule has 20 heavy (non-hydrogen) atoms. The molecule has 5 nitrogen and oxygen atoms in total. The van der Waals surface area contributed by atoms with Gasteiger partial charge in [0.1, 0.15) is 22.9 Å². The Bertz CT molecular complexity index is 690. The van der Waals surface area contributed by atoms with Gasteiger partial charge in [-0.2, -0.15) is 0 Å². The van der Waals surface area contributed by atoms with Gasteiger partial charge in [0, 0.05) is 13.1 Å². The Kier molecular flexibility index (Phi) is 3.06. The number of aromatic nitrogens is 2. The molecule has 0 amide bonds. The molecule has 0 radical (unpaired) electrons. The van der Waals surface area contributed by atoms with Crippen LogP contribution >= 0.6 is 11.6 Å². The van der Waals surface area contributed by atoms with E-state index in [-0.39, 0.29) is 16.6 Å². The van der Waals surface area contributed by atoms with E-state index in [1.165, 1.54) is 12.4 Å². The molecule has 2 aromatic rings. The van der Waals surface area contributed by atoms with E-state index < -0.39 is 6.23 Å². The number of fused-ring (bicyclic) bond motifs is 1. The van der Waals surface area contributed by atoms with E-state index in [1.54, 1.807) is 0 Å². The number of aryl methyl sites for hydroxylation is 1. The number of carbonyl (C=O) groups excluding carboxylic acids is 1. The number of ketones is 1. The molecule has 0 bridgehead atoms. The van der Waals surface area contributed by atoms with Crippen LogP contribution in [-0.4, -0.2) is 29.0 Å². The van der Waals surface area contributed by atoms with Gasteiger partial charge >= 0.3 is 0 Å². The van der Waals surface area contributed by atoms with Crippen LogP contribution in [0.1, 0.15) is 16.1 Å². The zero-order chi connectivity index (χ0) is 14.3. The molecule has 6 heteroatoms. The van der Waals surface area contributed by atoms with Crippen molar-refractivity contribution in [3.05, 3.63) is 47.0 Å². The number of para-hydroxylation sites is 1. The number of likely N-dealkylation sites (N-methyl/N-ethyl adjacent to an activating group) is 1. The predicted octanol–water partition coefficient (Wildman–Crippen LogP) is 2.48. The Hall–Kier alpha value is -2.14. The quantitative estimate of drug-likeness (QED) is 0.628. The molecule has 1 atom stereocenters. The summed E-state index contributed by atoms with van der Waals surface area (Å²) in [6.45, 7) is 1.98. The molecule has 1 aromatic heterocycles. The molecule has 0 fully saturated rings. The highest BCUT2D eigenvalue weighted by molar-refractivity contribution is 6.29. The Balaban J connectivity index is 1.94. The van der Waals surface area contributed by atoms with Crippen molar-refractivity contribution in [2.75, 3.05) is 11.9 Å². The maximum Gasteiger partial charge on any atom is 0.242 e. The minimum atomic E-state index is -0.725. The van der Waals surface area contributed by atoms with Crippen molar-refractivity contribution in [1.29, 1.82) is 0 Å². The molecule has 1 unspecified atom stereocenters. The van der Waals surface area contributed by atoms with Crippen LogP contribution in [0.3, 0.4) is 0 Å². The minimum Gasteiger partial charge on any atom is -0.460 e. The lowest BCUT2D eigenvalue weighted by Gasteiger charge is -2.19. The first-order valence-corrected chi connectivity index (χ1v) is 6.46. The van der Waals surface area contributed by atoms with E-state index in [9.17, 15) is 4.79 Å². The van der Waals surface area contributed by atoms with Crippen molar-refractivity contribution in [2.45, 2.75) is 13.2 Å². The predicted molar refractivity (Wildman–Crippen MR) is 75.4 cm³/mol. The third-order valence-electron chi connectivity index (χ3n) is 3.25. The van der Waals surface area contributed by atoms with Gasteiger partial charge in [-0.15, -0.1) is 0 Å². The van der Waals surface area contributed by atoms with Crippen LogP contribution in [0.5, 0.6) is 5.75 Å². The van der Waals surface area contributed by atoms with E-state index in [0.717, 1.165) is 11.3 Å². The zero-order valence-corrected chi connectivity index (χ0v) is 11.8. The Morgan fingerprint density at radius 3 is 2.90 bits per heavy atom. The number of benzene rings is 1. The molecule has 1 aliphatic heterocycles. The summed E-state index contributed by atoms with van der Waals surface area (Å²) < 4.78 is 5.73. The van der Waals surface area contributed by atoms with Gasteiger partial charge in [-0.1, -0.05) is 23.7 Å². The lowest BCUT2D eigenvalue weighted by atomic mass is 10.1. The summed E-state index contributed by atoms with van der Waals surface area (Å²) in [4.78, 5) is 22.0. The number of rotatable bonds is 2. The van der Waals surface area contributed by atoms with E-state index in [0.29, 0.717) is 5.75 Å². The number of halogens is 1. The van der Waals surface area contributed by atoms with Gasteiger partial charge in [-0.25, -0.2) is 9.97 Å². The molecule has 1 aliphatic rings. The van der Waals surface area contributed by atoms with Gasteiger partial charge in [0.25, 0.3) is 0 Å². The van der Waals surface area contributed by atoms with Crippen molar-refractivity contribution < 1.29 is 9.53 Å². The molecule has 0 saturated carbocycles. The highest BCUT2D eigenvalue weighted by atomic mass is 35.5. The number of hydrogen-bond donors (Lipinski definition) is 0. The fourth-order valence-corrected chi connectivity index (χ4v) is 2.47. The van der Waals surface area contributed by atoms with Crippen LogP contribution in [0, 0.1) is 6.92 Å². The van der Waals surface area contributed by atoms with Crippen molar-refractivity contribution in [1.82, 2.24) is 9.97 Å². The van der Waals surface area contributed by atoms with Gasteiger partial charge < -0.3 is 9.64 Å². The van der Waals surface area contributed by atoms with Crippen molar-refractivity contribution in [3.8, 4) is 5.75 Å². The summed E-state index contributed by atoms with van der Waals surface area (Å²) in [6.07, 6.45) is 0.542. The van der Waals surface area contributed by atoms with Gasteiger partial charge in [-0.05, 0) is 18.6 Å². The van der Waals surface area contributed by atoms with E-state index in [1.807, 2.05) is 37.1 Å². The second-order valence-electron chi connectivity index (χ2n) is 4.59. The van der Waals surface area contributed by atoms with Crippen LogP contribution in [0.4, 0.5) is 5.69 Å². The lowest BCUT2D eigenvalue weighted by Crippen LogP contribution is -2.39. The zero-order valence-electron chi connectivity index (χ0n) is 11.0. The number of hydrogen-bond acceptors (Lipinski definition) is 5. The molecule has 0 spiro atoms. The van der Waals surface area contributed by atoms with Crippen LogP contribution in [0.2, 0.25) is 5.15 Å². The molecule has 2 heterocycles. The minimum absolute atomic E-state index is 0.234. The van der Waals surface area contributed by atoms with Crippen LogP contribution in [0.25, 0.3) is 0 Å². The van der Waals surface area contributed by atoms with E-state index in [2.05, 4.69) is 9.97 Å². The van der Waals surface area contributed by atoms with Crippen LogP contribution in [0.15, 0.2) is 30.6 Å². The van der Waals surface area contributed by atoms with Gasteiger partial charge in [0.2, 0.25) is 12.0 Å². The fraction of sp³-hybridized carbons (Fsp3) is 0.214. The standard InChI is InChI=1S/C14H12ClN3O2/c1-8-4-3-5-10-12(8)18(2)14(20-10)13(19)9-6-11(15)17-7-16-9/h3-7,14H,1-2H3. The Labute approximate surface area is 121 Å². The Morgan fingerprint density at radius 1 is 1.40 bits per heavy atom. The highest BCUT2D eigenvalue weighted by Crippen LogP contribution is 2.39. The lowest BCUT2D eigenvalue weighted by molar-refractivity contribution is 0.0817. The fourth-order valence-electron chi connectivity index (χ4n) is 2.32. The van der Waals surface area contributed by atoms with Gasteiger partial charge in [0.05, 0.1) is 5.69 Å². The first kappa shape index (κ1) is 12.9. The average molecular weight is 290 g/mol. The van der Waals surface area contributed by atoms with E-state index >= 15 is 0 Å². The second kappa shape index (κ2) is 4.76. The molecule has 102 valence electrons. The first-order valence-electron chi connectivity index (χ1n) is 6.09. The largest absolute Gasteiger partial charge is 0.460 e. The van der Waals surface area contributed by atoms with Crippen molar-refractivity contribution >= 4 is 23.1 Å². The number of carbonyl (C=O) groups is 1. The molecule has 0 N–H and O–H groups in total.